The fourth-order valence-electron chi connectivity index (χ4n) is 1.30. The molecule has 0 unspecified atom stereocenters. The molecule has 0 aromatic heterocycles. The van der Waals surface area contributed by atoms with E-state index in [9.17, 15) is 9.59 Å². The summed E-state index contributed by atoms with van der Waals surface area (Å²) in [6.45, 7) is 4.09. The highest BCUT2D eigenvalue weighted by atomic mass is 16.4. The normalized spacial score (nSPS) is 9.73. The van der Waals surface area contributed by atoms with Crippen molar-refractivity contribution in [1.29, 1.82) is 0 Å². The molecule has 80 valence electrons. The molecule has 15 heavy (non-hydrogen) atoms. The van der Waals surface area contributed by atoms with Gasteiger partial charge in [-0.15, -0.1) is 0 Å². The van der Waals surface area contributed by atoms with Gasteiger partial charge in [-0.05, 0) is 37.6 Å². The maximum absolute atomic E-state index is 11.5. The van der Waals surface area contributed by atoms with Crippen LogP contribution in [-0.2, 0) is 0 Å². The van der Waals surface area contributed by atoms with Gasteiger partial charge in [0, 0.05) is 12.1 Å². The van der Waals surface area contributed by atoms with E-state index in [1.807, 2.05) is 6.92 Å². The van der Waals surface area contributed by atoms with Gasteiger partial charge in [0.1, 0.15) is 0 Å². The Labute approximate surface area is 87.9 Å². The Kier molecular flexibility index (Phi) is 3.44. The number of aromatic carboxylic acids is 1. The Balaban J connectivity index is 3.09. The number of carbonyl (C=O) groups excluding carboxylic acids is 1. The monoisotopic (exact) mass is 207 g/mol. The lowest BCUT2D eigenvalue weighted by Crippen LogP contribution is -2.23. The van der Waals surface area contributed by atoms with Crippen LogP contribution in [0.5, 0.6) is 0 Å². The van der Waals surface area contributed by atoms with Gasteiger partial charge in [0.15, 0.2) is 0 Å². The van der Waals surface area contributed by atoms with Gasteiger partial charge < -0.3 is 10.4 Å². The zero-order chi connectivity index (χ0) is 11.4. The minimum Gasteiger partial charge on any atom is -0.478 e. The molecule has 1 amide bonds. The molecule has 0 spiro atoms. The van der Waals surface area contributed by atoms with Crippen LogP contribution in [0, 0.1) is 6.92 Å². The van der Waals surface area contributed by atoms with Crippen molar-refractivity contribution in [3.05, 3.63) is 34.9 Å². The van der Waals surface area contributed by atoms with Gasteiger partial charge >= 0.3 is 5.97 Å². The van der Waals surface area contributed by atoms with Gasteiger partial charge in [0.2, 0.25) is 0 Å². The maximum atomic E-state index is 11.5. The molecule has 0 saturated carbocycles. The van der Waals surface area contributed by atoms with Crippen molar-refractivity contribution in [3.8, 4) is 0 Å². The van der Waals surface area contributed by atoms with Crippen LogP contribution in [0.25, 0.3) is 0 Å². The van der Waals surface area contributed by atoms with E-state index >= 15 is 0 Å². The number of carboxylic acids is 1. The average Bonchev–Trinajstić information content (AvgIpc) is 2.17. The lowest BCUT2D eigenvalue weighted by atomic mass is 10.1. The first kappa shape index (κ1) is 11.2. The van der Waals surface area contributed by atoms with Crippen molar-refractivity contribution >= 4 is 11.9 Å². The van der Waals surface area contributed by atoms with Crippen molar-refractivity contribution < 1.29 is 14.7 Å². The van der Waals surface area contributed by atoms with Crippen LogP contribution in [0.4, 0.5) is 0 Å². The highest BCUT2D eigenvalue weighted by Gasteiger charge is 2.09. The number of aryl methyl sites for hydroxylation is 1. The van der Waals surface area contributed by atoms with E-state index < -0.39 is 5.97 Å². The molecule has 0 aliphatic rings. The van der Waals surface area contributed by atoms with Gasteiger partial charge in [0.25, 0.3) is 5.91 Å². The van der Waals surface area contributed by atoms with Crippen molar-refractivity contribution in [2.75, 3.05) is 6.54 Å². The minimum atomic E-state index is -1.02. The van der Waals surface area contributed by atoms with Crippen molar-refractivity contribution in [1.82, 2.24) is 5.32 Å². The number of rotatable bonds is 3. The number of amides is 1. The Bertz CT molecular complexity index is 399. The van der Waals surface area contributed by atoms with Crippen LogP contribution in [0.3, 0.4) is 0 Å². The van der Waals surface area contributed by atoms with Gasteiger partial charge in [-0.3, -0.25) is 4.79 Å². The van der Waals surface area contributed by atoms with Gasteiger partial charge in [-0.1, -0.05) is 0 Å². The summed E-state index contributed by atoms with van der Waals surface area (Å²) in [4.78, 5) is 22.2. The van der Waals surface area contributed by atoms with Crippen LogP contribution in [0.2, 0.25) is 0 Å². The van der Waals surface area contributed by atoms with Crippen LogP contribution >= 0.6 is 0 Å². The topological polar surface area (TPSA) is 66.4 Å². The number of carboxylic acid groups (broad SMARTS) is 1. The molecule has 2 N–H and O–H groups in total. The first-order chi connectivity index (χ1) is 7.04. The summed E-state index contributed by atoms with van der Waals surface area (Å²) in [6, 6.07) is 4.57. The van der Waals surface area contributed by atoms with E-state index in [0.717, 1.165) is 5.56 Å². The Hall–Kier alpha value is -1.84. The molecule has 4 heteroatoms. The maximum Gasteiger partial charge on any atom is 0.335 e. The molecule has 0 aliphatic heterocycles. The van der Waals surface area contributed by atoms with Gasteiger partial charge in [-0.25, -0.2) is 4.79 Å². The summed E-state index contributed by atoms with van der Waals surface area (Å²) in [6.07, 6.45) is 0. The predicted molar refractivity (Wildman–Crippen MR) is 56.1 cm³/mol. The molecular formula is C11H13NO3. The standard InChI is InChI=1S/C11H13NO3/c1-3-12-10(13)8-4-7(2)5-9(6-8)11(14)15/h4-6H,3H2,1-2H3,(H,12,13)(H,14,15). The van der Waals surface area contributed by atoms with E-state index in [2.05, 4.69) is 5.32 Å². The van der Waals surface area contributed by atoms with E-state index in [4.69, 9.17) is 5.11 Å². The van der Waals surface area contributed by atoms with E-state index in [-0.39, 0.29) is 11.5 Å². The molecule has 0 fully saturated rings. The third-order valence-corrected chi connectivity index (χ3v) is 1.92. The molecule has 4 nitrogen and oxygen atoms in total. The molecule has 0 aliphatic carbocycles. The summed E-state index contributed by atoms with van der Waals surface area (Å²) in [5.41, 5.74) is 1.28. The fourth-order valence-corrected chi connectivity index (χ4v) is 1.30. The highest BCUT2D eigenvalue weighted by Crippen LogP contribution is 2.09. The van der Waals surface area contributed by atoms with Crippen molar-refractivity contribution in [3.63, 3.8) is 0 Å². The molecule has 1 aromatic carbocycles. The fraction of sp³-hybridized carbons (Fsp3) is 0.273. The Morgan fingerprint density at radius 1 is 1.27 bits per heavy atom. The number of hydrogen-bond donors (Lipinski definition) is 2. The summed E-state index contributed by atoms with van der Waals surface area (Å²) in [5, 5.41) is 11.4. The molecule has 0 saturated heterocycles. The zero-order valence-electron chi connectivity index (χ0n) is 8.70. The molecular weight excluding hydrogens is 194 g/mol. The number of nitrogens with one attached hydrogen (secondary N) is 1. The molecule has 0 heterocycles. The quantitative estimate of drug-likeness (QED) is 0.788. The highest BCUT2D eigenvalue weighted by molar-refractivity contribution is 5.97. The van der Waals surface area contributed by atoms with Crippen LogP contribution in [0.1, 0.15) is 33.2 Å². The molecule has 0 bridgehead atoms. The SMILES string of the molecule is CCNC(=O)c1cc(C)cc(C(=O)O)c1. The van der Waals surface area contributed by atoms with E-state index in [1.54, 1.807) is 13.0 Å². The third kappa shape index (κ3) is 2.80. The van der Waals surface area contributed by atoms with Gasteiger partial charge in [-0.2, -0.15) is 0 Å². The smallest absolute Gasteiger partial charge is 0.335 e. The number of hydrogen-bond acceptors (Lipinski definition) is 2. The van der Waals surface area contributed by atoms with Crippen LogP contribution in [-0.4, -0.2) is 23.5 Å². The van der Waals surface area contributed by atoms with Crippen LogP contribution in [0.15, 0.2) is 18.2 Å². The van der Waals surface area contributed by atoms with Crippen molar-refractivity contribution in [2.45, 2.75) is 13.8 Å². The van der Waals surface area contributed by atoms with E-state index in [1.165, 1.54) is 12.1 Å². The molecule has 1 aromatic rings. The molecule has 0 radical (unpaired) electrons. The Morgan fingerprint density at radius 2 is 1.87 bits per heavy atom. The second-order valence-corrected chi connectivity index (χ2v) is 3.25. The number of benzene rings is 1. The summed E-state index contributed by atoms with van der Waals surface area (Å²) in [5.74, 6) is -1.27. The molecule has 1 rings (SSSR count). The molecule has 0 atom stereocenters. The first-order valence-corrected chi connectivity index (χ1v) is 4.67. The van der Waals surface area contributed by atoms with E-state index in [0.29, 0.717) is 12.1 Å². The number of carbonyl (C=O) groups is 2. The second-order valence-electron chi connectivity index (χ2n) is 3.25. The largest absolute Gasteiger partial charge is 0.478 e. The zero-order valence-corrected chi connectivity index (χ0v) is 8.70. The lowest BCUT2D eigenvalue weighted by molar-refractivity contribution is 0.0697. The predicted octanol–water partition coefficient (Wildman–Crippen LogP) is 1.44. The first-order valence-electron chi connectivity index (χ1n) is 4.67. The minimum absolute atomic E-state index is 0.135. The third-order valence-electron chi connectivity index (χ3n) is 1.92. The lowest BCUT2D eigenvalue weighted by Gasteiger charge is -2.04. The Morgan fingerprint density at radius 3 is 2.40 bits per heavy atom. The summed E-state index contributed by atoms with van der Waals surface area (Å²) < 4.78 is 0. The van der Waals surface area contributed by atoms with Gasteiger partial charge in [0.05, 0.1) is 5.56 Å². The second kappa shape index (κ2) is 4.59. The van der Waals surface area contributed by atoms with Crippen LogP contribution < -0.4 is 5.32 Å². The summed E-state index contributed by atoms with van der Waals surface area (Å²) in [7, 11) is 0. The average molecular weight is 207 g/mol. The van der Waals surface area contributed by atoms with Crippen molar-refractivity contribution in [2.24, 2.45) is 0 Å². The summed E-state index contributed by atoms with van der Waals surface area (Å²) >= 11 is 0.